The number of benzene rings is 1. The van der Waals surface area contributed by atoms with E-state index < -0.39 is 6.10 Å². The number of aliphatic hydroxyl groups excluding tert-OH is 1. The number of nitrogens with one attached hydrogen (secondary N) is 1. The zero-order valence-electron chi connectivity index (χ0n) is 12.7. The molecule has 1 aromatic carbocycles. The molecular weight excluding hydrogens is 294 g/mol. The van der Waals surface area contributed by atoms with E-state index in [1.165, 1.54) is 28.8 Å². The zero-order valence-corrected chi connectivity index (χ0v) is 13.5. The number of rotatable bonds is 7. The second-order valence-electron chi connectivity index (χ2n) is 5.80. The molecule has 1 aliphatic rings. The SMILES string of the molecule is O[C@H](CN[C@H]1CCCc2ccccc21)COCc1cccs1. The van der Waals surface area contributed by atoms with Crippen LogP contribution in [0.4, 0.5) is 0 Å². The van der Waals surface area contributed by atoms with Gasteiger partial charge in [-0.25, -0.2) is 0 Å². The van der Waals surface area contributed by atoms with Crippen molar-refractivity contribution in [3.05, 3.63) is 57.8 Å². The zero-order chi connectivity index (χ0) is 15.2. The first kappa shape index (κ1) is 15.7. The molecule has 0 fully saturated rings. The van der Waals surface area contributed by atoms with Crippen molar-refractivity contribution in [1.29, 1.82) is 0 Å². The van der Waals surface area contributed by atoms with Gasteiger partial charge in [0.2, 0.25) is 0 Å². The standard InChI is InChI=1S/C18H23NO2S/c20-15(12-21-13-16-7-4-10-22-16)11-19-18-9-3-6-14-5-1-2-8-17(14)18/h1-2,4-5,7-8,10,15,18-20H,3,6,9,11-13H2/t15-,18+/m1/s1. The van der Waals surface area contributed by atoms with Crippen molar-refractivity contribution in [1.82, 2.24) is 5.32 Å². The quantitative estimate of drug-likeness (QED) is 0.823. The third kappa shape index (κ3) is 4.17. The minimum Gasteiger partial charge on any atom is -0.389 e. The van der Waals surface area contributed by atoms with Gasteiger partial charge in [0, 0.05) is 17.5 Å². The van der Waals surface area contributed by atoms with Crippen LogP contribution in [0.3, 0.4) is 0 Å². The molecule has 0 saturated carbocycles. The molecule has 2 atom stereocenters. The van der Waals surface area contributed by atoms with Gasteiger partial charge in [-0.1, -0.05) is 30.3 Å². The van der Waals surface area contributed by atoms with Crippen LogP contribution in [0.5, 0.6) is 0 Å². The molecule has 3 rings (SSSR count). The van der Waals surface area contributed by atoms with Crippen molar-refractivity contribution in [2.24, 2.45) is 0 Å². The second kappa shape index (κ2) is 7.88. The van der Waals surface area contributed by atoms with Gasteiger partial charge in [-0.05, 0) is 41.8 Å². The number of hydrogen-bond donors (Lipinski definition) is 2. The highest BCUT2D eigenvalue weighted by atomic mass is 32.1. The van der Waals surface area contributed by atoms with Crippen molar-refractivity contribution in [3.63, 3.8) is 0 Å². The minimum atomic E-state index is -0.464. The van der Waals surface area contributed by atoms with Crippen LogP contribution in [-0.2, 0) is 17.8 Å². The Balaban J connectivity index is 1.42. The van der Waals surface area contributed by atoms with Crippen LogP contribution in [0.15, 0.2) is 41.8 Å². The monoisotopic (exact) mass is 317 g/mol. The first-order valence-electron chi connectivity index (χ1n) is 7.92. The van der Waals surface area contributed by atoms with E-state index in [0.29, 0.717) is 25.8 Å². The number of aryl methyl sites for hydroxylation is 1. The summed E-state index contributed by atoms with van der Waals surface area (Å²) in [4.78, 5) is 1.20. The second-order valence-corrected chi connectivity index (χ2v) is 6.83. The van der Waals surface area contributed by atoms with Crippen LogP contribution < -0.4 is 5.32 Å². The van der Waals surface area contributed by atoms with Crippen LogP contribution in [0.1, 0.15) is 34.9 Å². The summed E-state index contributed by atoms with van der Waals surface area (Å²) in [5, 5.41) is 15.6. The predicted octanol–water partition coefficient (Wildman–Crippen LogP) is 3.29. The summed E-state index contributed by atoms with van der Waals surface area (Å²) < 4.78 is 5.57. The largest absolute Gasteiger partial charge is 0.389 e. The van der Waals surface area contributed by atoms with E-state index in [1.54, 1.807) is 11.3 Å². The van der Waals surface area contributed by atoms with E-state index in [-0.39, 0.29) is 0 Å². The Morgan fingerprint density at radius 3 is 3.05 bits per heavy atom. The molecule has 118 valence electrons. The van der Waals surface area contributed by atoms with E-state index in [9.17, 15) is 5.11 Å². The van der Waals surface area contributed by atoms with Gasteiger partial charge in [-0.3, -0.25) is 0 Å². The van der Waals surface area contributed by atoms with Crippen LogP contribution >= 0.6 is 11.3 Å². The molecule has 0 radical (unpaired) electrons. The summed E-state index contributed by atoms with van der Waals surface area (Å²) in [6, 6.07) is 13.0. The maximum atomic E-state index is 10.1. The Labute approximate surface area is 136 Å². The van der Waals surface area contributed by atoms with Crippen molar-refractivity contribution in [2.45, 2.75) is 38.0 Å². The number of fused-ring (bicyclic) bond motifs is 1. The van der Waals surface area contributed by atoms with E-state index in [4.69, 9.17) is 4.74 Å². The first-order valence-corrected chi connectivity index (χ1v) is 8.80. The molecule has 0 aliphatic heterocycles. The van der Waals surface area contributed by atoms with Crippen molar-refractivity contribution >= 4 is 11.3 Å². The summed E-state index contributed by atoms with van der Waals surface area (Å²) in [5.74, 6) is 0. The lowest BCUT2D eigenvalue weighted by atomic mass is 9.88. The maximum Gasteiger partial charge on any atom is 0.0898 e. The van der Waals surface area contributed by atoms with E-state index in [1.807, 2.05) is 17.5 Å². The summed E-state index contributed by atoms with van der Waals surface area (Å²) in [6.07, 6.45) is 3.05. The van der Waals surface area contributed by atoms with Gasteiger partial charge in [0.25, 0.3) is 0 Å². The molecule has 22 heavy (non-hydrogen) atoms. The topological polar surface area (TPSA) is 41.5 Å². The lowest BCUT2D eigenvalue weighted by molar-refractivity contribution is 0.0283. The van der Waals surface area contributed by atoms with Gasteiger partial charge in [0.15, 0.2) is 0 Å². The third-order valence-electron chi connectivity index (χ3n) is 4.10. The van der Waals surface area contributed by atoms with Crippen LogP contribution in [0.2, 0.25) is 0 Å². The Hall–Kier alpha value is -1.20. The van der Waals surface area contributed by atoms with Gasteiger partial charge < -0.3 is 15.2 Å². The maximum absolute atomic E-state index is 10.1. The number of ether oxygens (including phenoxy) is 1. The smallest absolute Gasteiger partial charge is 0.0898 e. The predicted molar refractivity (Wildman–Crippen MR) is 90.1 cm³/mol. The summed E-state index contributed by atoms with van der Waals surface area (Å²) in [5.41, 5.74) is 2.83. The Kier molecular flexibility index (Phi) is 5.62. The fourth-order valence-corrected chi connectivity index (χ4v) is 3.63. The number of hydrogen-bond acceptors (Lipinski definition) is 4. The summed E-state index contributed by atoms with van der Waals surface area (Å²) in [7, 11) is 0. The number of aliphatic hydroxyl groups is 1. The Morgan fingerprint density at radius 1 is 1.27 bits per heavy atom. The summed E-state index contributed by atoms with van der Waals surface area (Å²) in [6.45, 7) is 1.53. The molecule has 0 bridgehead atoms. The van der Waals surface area contributed by atoms with Gasteiger partial charge in [0.1, 0.15) is 0 Å². The molecule has 1 aliphatic carbocycles. The molecule has 0 spiro atoms. The van der Waals surface area contributed by atoms with Crippen molar-refractivity contribution in [3.8, 4) is 0 Å². The summed E-state index contributed by atoms with van der Waals surface area (Å²) >= 11 is 1.68. The fourth-order valence-electron chi connectivity index (χ4n) is 2.99. The first-order chi connectivity index (χ1) is 10.8. The molecule has 0 saturated heterocycles. The fraction of sp³-hybridized carbons (Fsp3) is 0.444. The molecule has 2 aromatic rings. The molecule has 2 N–H and O–H groups in total. The molecular formula is C18H23NO2S. The normalized spacial score (nSPS) is 18.9. The van der Waals surface area contributed by atoms with Gasteiger partial charge >= 0.3 is 0 Å². The molecule has 1 aromatic heterocycles. The van der Waals surface area contributed by atoms with Crippen LogP contribution in [-0.4, -0.2) is 24.4 Å². The lowest BCUT2D eigenvalue weighted by Gasteiger charge is -2.27. The molecule has 1 heterocycles. The minimum absolute atomic E-state index is 0.358. The Morgan fingerprint density at radius 2 is 2.18 bits per heavy atom. The molecule has 3 nitrogen and oxygen atoms in total. The molecule has 0 amide bonds. The van der Waals surface area contributed by atoms with E-state index >= 15 is 0 Å². The van der Waals surface area contributed by atoms with Gasteiger partial charge in [-0.15, -0.1) is 11.3 Å². The lowest BCUT2D eigenvalue weighted by Crippen LogP contribution is -2.34. The van der Waals surface area contributed by atoms with Crippen LogP contribution in [0.25, 0.3) is 0 Å². The van der Waals surface area contributed by atoms with Gasteiger partial charge in [-0.2, -0.15) is 0 Å². The molecule has 0 unspecified atom stereocenters. The average molecular weight is 317 g/mol. The third-order valence-corrected chi connectivity index (χ3v) is 4.95. The highest BCUT2D eigenvalue weighted by Crippen LogP contribution is 2.29. The average Bonchev–Trinajstić information content (AvgIpc) is 3.06. The van der Waals surface area contributed by atoms with E-state index in [2.05, 4.69) is 29.6 Å². The highest BCUT2D eigenvalue weighted by molar-refractivity contribution is 7.09. The van der Waals surface area contributed by atoms with Gasteiger partial charge in [0.05, 0.1) is 19.3 Å². The van der Waals surface area contributed by atoms with Crippen LogP contribution in [0, 0.1) is 0 Å². The van der Waals surface area contributed by atoms with Crippen molar-refractivity contribution in [2.75, 3.05) is 13.2 Å². The molecule has 4 heteroatoms. The Bertz CT molecular complexity index is 570. The van der Waals surface area contributed by atoms with E-state index in [0.717, 1.165) is 6.42 Å². The number of thiophene rings is 1. The highest BCUT2D eigenvalue weighted by Gasteiger charge is 2.19. The van der Waals surface area contributed by atoms with Crippen molar-refractivity contribution < 1.29 is 9.84 Å².